The van der Waals surface area contributed by atoms with Crippen LogP contribution in [-0.2, 0) is 4.74 Å². The third-order valence-corrected chi connectivity index (χ3v) is 3.07. The Labute approximate surface area is 108 Å². The average molecular weight is 251 g/mol. The summed E-state index contributed by atoms with van der Waals surface area (Å²) in [5, 5.41) is 3.40. The van der Waals surface area contributed by atoms with E-state index in [0.717, 1.165) is 56.5 Å². The Morgan fingerprint density at radius 2 is 2.22 bits per heavy atom. The van der Waals surface area contributed by atoms with Crippen molar-refractivity contribution in [1.29, 1.82) is 0 Å². The van der Waals surface area contributed by atoms with Gasteiger partial charge in [-0.15, -0.1) is 0 Å². The molecule has 0 saturated carbocycles. The van der Waals surface area contributed by atoms with E-state index in [1.165, 1.54) is 0 Å². The second kappa shape index (κ2) is 6.56. The molecule has 5 nitrogen and oxygen atoms in total. The van der Waals surface area contributed by atoms with Crippen LogP contribution in [0.5, 0.6) is 5.75 Å². The lowest BCUT2D eigenvalue weighted by atomic mass is 10.3. The van der Waals surface area contributed by atoms with E-state index in [1.807, 2.05) is 13.0 Å². The highest BCUT2D eigenvalue weighted by molar-refractivity contribution is 5.55. The van der Waals surface area contributed by atoms with Crippen LogP contribution >= 0.6 is 0 Å². The summed E-state index contributed by atoms with van der Waals surface area (Å²) in [4.78, 5) is 6.62. The van der Waals surface area contributed by atoms with Gasteiger partial charge < -0.3 is 14.8 Å². The van der Waals surface area contributed by atoms with Crippen LogP contribution in [0.15, 0.2) is 12.3 Å². The van der Waals surface area contributed by atoms with Crippen molar-refractivity contribution >= 4 is 5.69 Å². The van der Waals surface area contributed by atoms with Crippen LogP contribution in [0.25, 0.3) is 0 Å². The number of nitrogens with zero attached hydrogens (tertiary/aromatic N) is 2. The number of ether oxygens (including phenoxy) is 2. The van der Waals surface area contributed by atoms with Gasteiger partial charge in [-0.25, -0.2) is 0 Å². The number of aromatic nitrogens is 1. The molecule has 0 radical (unpaired) electrons. The van der Waals surface area contributed by atoms with Gasteiger partial charge in [0, 0.05) is 31.9 Å². The molecule has 0 unspecified atom stereocenters. The quantitative estimate of drug-likeness (QED) is 0.850. The fourth-order valence-electron chi connectivity index (χ4n) is 2.02. The summed E-state index contributed by atoms with van der Waals surface area (Å²) in [5.41, 5.74) is 2.00. The summed E-state index contributed by atoms with van der Waals surface area (Å²) in [6.07, 6.45) is 1.76. The lowest BCUT2D eigenvalue weighted by Gasteiger charge is -2.26. The zero-order valence-electron chi connectivity index (χ0n) is 11.1. The maximum absolute atomic E-state index is 5.33. The van der Waals surface area contributed by atoms with E-state index < -0.39 is 0 Å². The highest BCUT2D eigenvalue weighted by Crippen LogP contribution is 2.23. The largest absolute Gasteiger partial charge is 0.493 e. The Kier molecular flexibility index (Phi) is 4.78. The molecule has 2 rings (SSSR count). The average Bonchev–Trinajstić information content (AvgIpc) is 2.40. The van der Waals surface area contributed by atoms with Crippen LogP contribution in [0.2, 0.25) is 0 Å². The first-order chi connectivity index (χ1) is 8.79. The fraction of sp³-hybridized carbons (Fsp3) is 0.615. The standard InChI is InChI=1S/C13H21N3O2/c1-11-9-12(13(17-2)10-15-11)14-3-4-16-5-7-18-8-6-16/h9-10H,3-8H2,1-2H3,(H,14,15). The van der Waals surface area contributed by atoms with Crippen molar-refractivity contribution in [3.8, 4) is 5.75 Å². The number of hydrogen-bond acceptors (Lipinski definition) is 5. The lowest BCUT2D eigenvalue weighted by molar-refractivity contribution is 0.0398. The van der Waals surface area contributed by atoms with E-state index in [-0.39, 0.29) is 0 Å². The SMILES string of the molecule is COc1cnc(C)cc1NCCN1CCOCC1. The number of hydrogen-bond donors (Lipinski definition) is 1. The summed E-state index contributed by atoms with van der Waals surface area (Å²) < 4.78 is 10.6. The van der Waals surface area contributed by atoms with E-state index in [9.17, 15) is 0 Å². The van der Waals surface area contributed by atoms with E-state index in [1.54, 1.807) is 13.3 Å². The number of rotatable bonds is 5. The monoisotopic (exact) mass is 251 g/mol. The number of aryl methyl sites for hydroxylation is 1. The van der Waals surface area contributed by atoms with Crippen molar-refractivity contribution < 1.29 is 9.47 Å². The Balaban J connectivity index is 1.83. The van der Waals surface area contributed by atoms with Gasteiger partial charge in [0.1, 0.15) is 0 Å². The molecule has 1 saturated heterocycles. The van der Waals surface area contributed by atoms with Crippen molar-refractivity contribution in [3.63, 3.8) is 0 Å². The smallest absolute Gasteiger partial charge is 0.160 e. The molecule has 0 bridgehead atoms. The molecule has 1 aliphatic heterocycles. The Morgan fingerprint density at radius 1 is 1.44 bits per heavy atom. The summed E-state index contributed by atoms with van der Waals surface area (Å²) in [5.74, 6) is 0.794. The summed E-state index contributed by atoms with van der Waals surface area (Å²) in [7, 11) is 1.67. The van der Waals surface area contributed by atoms with Gasteiger partial charge in [-0.2, -0.15) is 0 Å². The highest BCUT2D eigenvalue weighted by atomic mass is 16.5. The van der Waals surface area contributed by atoms with Gasteiger partial charge >= 0.3 is 0 Å². The van der Waals surface area contributed by atoms with E-state index >= 15 is 0 Å². The van der Waals surface area contributed by atoms with Gasteiger partial charge in [0.15, 0.2) is 5.75 Å². The fourth-order valence-corrected chi connectivity index (χ4v) is 2.02. The van der Waals surface area contributed by atoms with Crippen LogP contribution in [0.4, 0.5) is 5.69 Å². The molecule has 0 aliphatic carbocycles. The molecule has 0 amide bonds. The zero-order chi connectivity index (χ0) is 12.8. The van der Waals surface area contributed by atoms with Crippen LogP contribution in [0.3, 0.4) is 0 Å². The molecule has 0 aromatic carbocycles. The minimum Gasteiger partial charge on any atom is -0.493 e. The molecule has 1 N–H and O–H groups in total. The molecule has 1 aromatic heterocycles. The van der Waals surface area contributed by atoms with Crippen molar-refractivity contribution in [2.45, 2.75) is 6.92 Å². The van der Waals surface area contributed by atoms with Gasteiger partial charge in [-0.05, 0) is 13.0 Å². The molecule has 1 aliphatic rings. The topological polar surface area (TPSA) is 46.6 Å². The normalized spacial score (nSPS) is 16.6. The highest BCUT2D eigenvalue weighted by Gasteiger charge is 2.10. The Hall–Kier alpha value is -1.33. The van der Waals surface area contributed by atoms with E-state index in [4.69, 9.17) is 9.47 Å². The lowest BCUT2D eigenvalue weighted by Crippen LogP contribution is -2.39. The number of nitrogens with one attached hydrogen (secondary N) is 1. The van der Waals surface area contributed by atoms with E-state index in [0.29, 0.717) is 0 Å². The molecule has 0 atom stereocenters. The second-order valence-electron chi connectivity index (χ2n) is 4.41. The number of anilines is 1. The van der Waals surface area contributed by atoms with Gasteiger partial charge in [0.2, 0.25) is 0 Å². The third kappa shape index (κ3) is 3.58. The van der Waals surface area contributed by atoms with Crippen molar-refractivity contribution in [1.82, 2.24) is 9.88 Å². The van der Waals surface area contributed by atoms with Gasteiger partial charge in [0.25, 0.3) is 0 Å². The minimum atomic E-state index is 0.794. The molecule has 2 heterocycles. The van der Waals surface area contributed by atoms with Crippen molar-refractivity contribution in [3.05, 3.63) is 18.0 Å². The van der Waals surface area contributed by atoms with Crippen molar-refractivity contribution in [2.75, 3.05) is 51.8 Å². The maximum Gasteiger partial charge on any atom is 0.160 e. The predicted octanol–water partition coefficient (Wildman–Crippen LogP) is 1.14. The molecule has 0 spiro atoms. The van der Waals surface area contributed by atoms with Gasteiger partial charge in [-0.3, -0.25) is 9.88 Å². The Morgan fingerprint density at radius 3 is 2.94 bits per heavy atom. The molecule has 1 aromatic rings. The molecule has 1 fully saturated rings. The maximum atomic E-state index is 5.33. The Bertz CT molecular complexity index is 378. The van der Waals surface area contributed by atoms with Crippen LogP contribution in [0.1, 0.15) is 5.69 Å². The first kappa shape index (κ1) is 13.1. The third-order valence-electron chi connectivity index (χ3n) is 3.07. The molecular weight excluding hydrogens is 230 g/mol. The molecular formula is C13H21N3O2. The first-order valence-electron chi connectivity index (χ1n) is 6.34. The summed E-state index contributed by atoms with van der Waals surface area (Å²) in [6, 6.07) is 2.01. The van der Waals surface area contributed by atoms with Crippen LogP contribution < -0.4 is 10.1 Å². The number of pyridine rings is 1. The zero-order valence-corrected chi connectivity index (χ0v) is 11.1. The van der Waals surface area contributed by atoms with Crippen molar-refractivity contribution in [2.24, 2.45) is 0 Å². The molecule has 18 heavy (non-hydrogen) atoms. The summed E-state index contributed by atoms with van der Waals surface area (Å²) in [6.45, 7) is 7.64. The number of morpholine rings is 1. The molecule has 5 heteroatoms. The van der Waals surface area contributed by atoms with Crippen LogP contribution in [0, 0.1) is 6.92 Å². The second-order valence-corrected chi connectivity index (χ2v) is 4.41. The first-order valence-corrected chi connectivity index (χ1v) is 6.34. The number of methoxy groups -OCH3 is 1. The van der Waals surface area contributed by atoms with Crippen LogP contribution in [-0.4, -0.2) is 56.4 Å². The minimum absolute atomic E-state index is 0.794. The van der Waals surface area contributed by atoms with E-state index in [2.05, 4.69) is 15.2 Å². The predicted molar refractivity (Wildman–Crippen MR) is 71.3 cm³/mol. The van der Waals surface area contributed by atoms with Gasteiger partial charge in [0.05, 0.1) is 32.2 Å². The molecule has 100 valence electrons. The summed E-state index contributed by atoms with van der Waals surface area (Å²) >= 11 is 0. The van der Waals surface area contributed by atoms with Gasteiger partial charge in [-0.1, -0.05) is 0 Å².